The Morgan fingerprint density at radius 2 is 2.06 bits per heavy atom. The minimum absolute atomic E-state index is 0.0276. The second-order valence-electron chi connectivity index (χ2n) is 3.64. The number of para-hydroxylation sites is 1. The first kappa shape index (κ1) is 11.8. The third-order valence-corrected chi connectivity index (χ3v) is 3.16. The molecule has 2 N–H and O–H groups in total. The van der Waals surface area contributed by atoms with Crippen LogP contribution in [0.3, 0.4) is 0 Å². The van der Waals surface area contributed by atoms with Crippen LogP contribution in [0.15, 0.2) is 22.7 Å². The Bertz CT molecular complexity index is 527. The predicted octanol–water partition coefficient (Wildman–Crippen LogP) is 0.854. The molecule has 0 fully saturated rings. The minimum atomic E-state index is -0.617. The summed E-state index contributed by atoms with van der Waals surface area (Å²) in [6.07, 6.45) is 0.0276. The normalized spacial score (nSPS) is 14.1. The Morgan fingerprint density at radius 3 is 2.71 bits per heavy atom. The van der Waals surface area contributed by atoms with E-state index in [1.807, 2.05) is 0 Å². The zero-order chi connectivity index (χ0) is 12.6. The molecule has 0 saturated carbocycles. The molecule has 2 rings (SSSR count). The number of fused-ring (bicyclic) bond motifs is 1. The molecule has 0 spiro atoms. The van der Waals surface area contributed by atoms with E-state index in [-0.39, 0.29) is 13.0 Å². The number of primary amides is 1. The molecule has 1 heterocycles. The smallest absolute Gasteiger partial charge is 0.299 e. The number of amides is 2. The fraction of sp³-hybridized carbons (Fsp3) is 0.182. The molecule has 1 aliphatic rings. The summed E-state index contributed by atoms with van der Waals surface area (Å²) >= 11 is 3.29. The number of nitrogens with two attached hydrogens (primary N) is 1. The number of carbonyl (C=O) groups excluding carboxylic acids is 3. The SMILES string of the molecule is NC(=O)CCN1C(=O)C(=O)c2cccc(Br)c21. The molecule has 1 aromatic rings. The van der Waals surface area contributed by atoms with E-state index in [4.69, 9.17) is 5.73 Å². The van der Waals surface area contributed by atoms with Crippen LogP contribution in [0.1, 0.15) is 16.8 Å². The quantitative estimate of drug-likeness (QED) is 0.840. The number of halogens is 1. The number of carbonyl (C=O) groups is 3. The summed E-state index contributed by atoms with van der Waals surface area (Å²) in [6, 6.07) is 5.01. The van der Waals surface area contributed by atoms with Gasteiger partial charge >= 0.3 is 0 Å². The van der Waals surface area contributed by atoms with Gasteiger partial charge in [-0.15, -0.1) is 0 Å². The summed E-state index contributed by atoms with van der Waals surface area (Å²) < 4.78 is 0.652. The average molecular weight is 297 g/mol. The van der Waals surface area contributed by atoms with Gasteiger partial charge in [0.15, 0.2) is 0 Å². The van der Waals surface area contributed by atoms with Crippen LogP contribution in [0.5, 0.6) is 0 Å². The molecule has 0 bridgehead atoms. The molecule has 88 valence electrons. The highest BCUT2D eigenvalue weighted by molar-refractivity contribution is 9.10. The van der Waals surface area contributed by atoms with E-state index in [1.54, 1.807) is 18.2 Å². The van der Waals surface area contributed by atoms with Crippen molar-refractivity contribution in [2.24, 2.45) is 5.73 Å². The minimum Gasteiger partial charge on any atom is -0.370 e. The van der Waals surface area contributed by atoms with Crippen molar-refractivity contribution in [3.63, 3.8) is 0 Å². The number of benzene rings is 1. The molecule has 5 nitrogen and oxygen atoms in total. The molecule has 0 saturated heterocycles. The number of Topliss-reactive ketones (excluding diaryl/α,β-unsaturated/α-hetero) is 1. The maximum Gasteiger partial charge on any atom is 0.299 e. The molecular weight excluding hydrogens is 288 g/mol. The van der Waals surface area contributed by atoms with Gasteiger partial charge in [0.1, 0.15) is 0 Å². The van der Waals surface area contributed by atoms with Gasteiger partial charge in [0.2, 0.25) is 5.91 Å². The Kier molecular flexibility index (Phi) is 2.97. The van der Waals surface area contributed by atoms with Gasteiger partial charge in [0.05, 0.1) is 11.3 Å². The van der Waals surface area contributed by atoms with E-state index in [9.17, 15) is 14.4 Å². The van der Waals surface area contributed by atoms with Crippen molar-refractivity contribution in [1.29, 1.82) is 0 Å². The number of ketones is 1. The predicted molar refractivity (Wildman–Crippen MR) is 64.6 cm³/mol. The van der Waals surface area contributed by atoms with Gasteiger partial charge < -0.3 is 10.6 Å². The van der Waals surface area contributed by atoms with Crippen LogP contribution < -0.4 is 10.6 Å². The lowest BCUT2D eigenvalue weighted by Gasteiger charge is -2.16. The molecule has 17 heavy (non-hydrogen) atoms. The first-order chi connectivity index (χ1) is 8.02. The molecule has 2 amide bonds. The molecule has 0 unspecified atom stereocenters. The van der Waals surface area contributed by atoms with Crippen molar-refractivity contribution in [2.45, 2.75) is 6.42 Å². The summed E-state index contributed by atoms with van der Waals surface area (Å²) in [5.41, 5.74) is 5.91. The van der Waals surface area contributed by atoms with Crippen LogP contribution >= 0.6 is 15.9 Å². The van der Waals surface area contributed by atoms with Crippen molar-refractivity contribution in [3.05, 3.63) is 28.2 Å². The zero-order valence-corrected chi connectivity index (χ0v) is 10.4. The first-order valence-corrected chi connectivity index (χ1v) is 5.74. The second-order valence-corrected chi connectivity index (χ2v) is 4.49. The van der Waals surface area contributed by atoms with E-state index >= 15 is 0 Å². The van der Waals surface area contributed by atoms with E-state index in [0.717, 1.165) is 0 Å². The van der Waals surface area contributed by atoms with Gasteiger partial charge in [0.25, 0.3) is 11.7 Å². The van der Waals surface area contributed by atoms with Crippen molar-refractivity contribution < 1.29 is 14.4 Å². The number of rotatable bonds is 3. The van der Waals surface area contributed by atoms with Crippen LogP contribution in [-0.4, -0.2) is 24.1 Å². The Morgan fingerprint density at radius 1 is 1.35 bits per heavy atom. The molecule has 0 radical (unpaired) electrons. The maximum absolute atomic E-state index is 11.7. The highest BCUT2D eigenvalue weighted by Gasteiger charge is 2.36. The second kappa shape index (κ2) is 4.29. The molecule has 0 aliphatic carbocycles. The highest BCUT2D eigenvalue weighted by Crippen LogP contribution is 2.35. The van der Waals surface area contributed by atoms with Crippen molar-refractivity contribution >= 4 is 39.2 Å². The maximum atomic E-state index is 11.7. The molecule has 0 aromatic heterocycles. The lowest BCUT2D eigenvalue weighted by atomic mass is 10.1. The Balaban J connectivity index is 2.40. The molecule has 6 heteroatoms. The van der Waals surface area contributed by atoms with E-state index < -0.39 is 17.6 Å². The molecule has 0 atom stereocenters. The topological polar surface area (TPSA) is 80.5 Å². The van der Waals surface area contributed by atoms with E-state index in [0.29, 0.717) is 15.7 Å². The summed E-state index contributed by atoms with van der Waals surface area (Å²) in [4.78, 5) is 35.4. The van der Waals surface area contributed by atoms with Crippen LogP contribution in [0.25, 0.3) is 0 Å². The van der Waals surface area contributed by atoms with E-state index in [2.05, 4.69) is 15.9 Å². The van der Waals surface area contributed by atoms with Crippen LogP contribution in [0.2, 0.25) is 0 Å². The number of anilines is 1. The first-order valence-electron chi connectivity index (χ1n) is 4.95. The summed E-state index contributed by atoms with van der Waals surface area (Å²) in [7, 11) is 0. The number of nitrogens with zero attached hydrogens (tertiary/aromatic N) is 1. The standard InChI is InChI=1S/C11H9BrN2O3/c12-7-3-1-2-6-9(7)14(5-4-8(13)15)11(17)10(6)16/h1-3H,4-5H2,(H2,13,15). The summed E-state index contributed by atoms with van der Waals surface area (Å²) in [5, 5.41) is 0. The number of hydrogen-bond acceptors (Lipinski definition) is 3. The molecular formula is C11H9BrN2O3. The average Bonchev–Trinajstić information content (AvgIpc) is 2.52. The Labute approximate surface area is 106 Å². The third-order valence-electron chi connectivity index (χ3n) is 2.52. The lowest BCUT2D eigenvalue weighted by Crippen LogP contribution is -2.33. The summed E-state index contributed by atoms with van der Waals surface area (Å²) in [6.45, 7) is 0.121. The molecule has 1 aliphatic heterocycles. The summed E-state index contributed by atoms with van der Waals surface area (Å²) in [5.74, 6) is -1.68. The highest BCUT2D eigenvalue weighted by atomic mass is 79.9. The zero-order valence-electron chi connectivity index (χ0n) is 8.77. The van der Waals surface area contributed by atoms with Crippen LogP contribution in [0, 0.1) is 0 Å². The fourth-order valence-corrected chi connectivity index (χ4v) is 2.33. The number of hydrogen-bond donors (Lipinski definition) is 1. The van der Waals surface area contributed by atoms with E-state index in [1.165, 1.54) is 4.90 Å². The van der Waals surface area contributed by atoms with Gasteiger partial charge in [-0.05, 0) is 28.1 Å². The van der Waals surface area contributed by atoms with Gasteiger partial charge in [-0.2, -0.15) is 0 Å². The van der Waals surface area contributed by atoms with Gasteiger partial charge in [-0.3, -0.25) is 14.4 Å². The van der Waals surface area contributed by atoms with Crippen LogP contribution in [-0.2, 0) is 9.59 Å². The van der Waals surface area contributed by atoms with Crippen molar-refractivity contribution in [3.8, 4) is 0 Å². The monoisotopic (exact) mass is 296 g/mol. The third kappa shape index (κ3) is 1.95. The van der Waals surface area contributed by atoms with Crippen LogP contribution in [0.4, 0.5) is 5.69 Å². The Hall–Kier alpha value is -1.69. The van der Waals surface area contributed by atoms with Gasteiger partial charge in [0, 0.05) is 17.4 Å². The van der Waals surface area contributed by atoms with Crippen molar-refractivity contribution in [1.82, 2.24) is 0 Å². The fourth-order valence-electron chi connectivity index (χ4n) is 1.75. The lowest BCUT2D eigenvalue weighted by molar-refractivity contribution is -0.118. The largest absolute Gasteiger partial charge is 0.370 e. The van der Waals surface area contributed by atoms with Crippen molar-refractivity contribution in [2.75, 3.05) is 11.4 Å². The van der Waals surface area contributed by atoms with Gasteiger partial charge in [-0.1, -0.05) is 6.07 Å². The molecule has 1 aromatic carbocycles. The van der Waals surface area contributed by atoms with Gasteiger partial charge in [-0.25, -0.2) is 0 Å².